The van der Waals surface area contributed by atoms with Crippen LogP contribution in [0.5, 0.6) is 0 Å². The lowest BCUT2D eigenvalue weighted by molar-refractivity contribution is 0.391. The van der Waals surface area contributed by atoms with Crippen molar-refractivity contribution in [3.63, 3.8) is 0 Å². The second-order valence-corrected chi connectivity index (χ2v) is 7.54. The van der Waals surface area contributed by atoms with Gasteiger partial charge in [-0.3, -0.25) is 0 Å². The van der Waals surface area contributed by atoms with Gasteiger partial charge in [-0.2, -0.15) is 4.31 Å². The summed E-state index contributed by atoms with van der Waals surface area (Å²) in [5.74, 6) is 0.513. The lowest BCUT2D eigenvalue weighted by Crippen LogP contribution is -2.37. The Morgan fingerprint density at radius 3 is 2.90 bits per heavy atom. The number of alkyl halides is 1. The van der Waals surface area contributed by atoms with E-state index in [0.717, 1.165) is 28.6 Å². The molecule has 3 rings (SSSR count). The molecule has 0 bridgehead atoms. The monoisotopic (exact) mass is 312 g/mol. The summed E-state index contributed by atoms with van der Waals surface area (Å²) < 4.78 is 26.1. The molecule has 1 aromatic carbocycles. The number of sulfonamides is 1. The quantitative estimate of drug-likeness (QED) is 0.882. The fourth-order valence-corrected chi connectivity index (χ4v) is 4.50. The summed E-state index contributed by atoms with van der Waals surface area (Å²) >= 11 is 5.60. The molecule has 6 heteroatoms. The van der Waals surface area contributed by atoms with Gasteiger partial charge in [0.2, 0.25) is 10.0 Å². The van der Waals surface area contributed by atoms with E-state index in [0.29, 0.717) is 25.4 Å². The predicted octanol–water partition coefficient (Wildman–Crippen LogP) is 2.48. The number of aromatic amines is 1. The molecule has 0 amide bonds. The topological polar surface area (TPSA) is 53.2 Å². The first-order valence-electron chi connectivity index (χ1n) is 6.74. The van der Waals surface area contributed by atoms with E-state index >= 15 is 0 Å². The normalized spacial score (nSPS) is 16.4. The zero-order chi connectivity index (χ0) is 14.2. The Kier molecular flexibility index (Phi) is 3.75. The van der Waals surface area contributed by atoms with Crippen molar-refractivity contribution in [2.75, 3.05) is 18.2 Å². The maximum Gasteiger partial charge on any atom is 0.214 e. The van der Waals surface area contributed by atoms with Crippen molar-refractivity contribution in [2.24, 2.45) is 0 Å². The number of benzene rings is 1. The van der Waals surface area contributed by atoms with Gasteiger partial charge in [-0.15, -0.1) is 11.6 Å². The molecule has 0 saturated carbocycles. The molecule has 0 unspecified atom stereocenters. The highest BCUT2D eigenvalue weighted by molar-refractivity contribution is 7.89. The van der Waals surface area contributed by atoms with Gasteiger partial charge >= 0.3 is 0 Å². The summed E-state index contributed by atoms with van der Waals surface area (Å²) in [5.41, 5.74) is 3.36. The average molecular weight is 313 g/mol. The maximum atomic E-state index is 12.3. The highest BCUT2D eigenvalue weighted by Gasteiger charge is 2.28. The van der Waals surface area contributed by atoms with Crippen LogP contribution in [0.3, 0.4) is 0 Å². The van der Waals surface area contributed by atoms with Crippen LogP contribution >= 0.6 is 11.6 Å². The van der Waals surface area contributed by atoms with Crippen LogP contribution in [0.2, 0.25) is 0 Å². The van der Waals surface area contributed by atoms with Gasteiger partial charge in [0.25, 0.3) is 0 Å². The van der Waals surface area contributed by atoms with Crippen molar-refractivity contribution in [3.8, 4) is 0 Å². The first-order valence-corrected chi connectivity index (χ1v) is 8.88. The molecule has 1 N–H and O–H groups in total. The molecule has 0 saturated heterocycles. The summed E-state index contributed by atoms with van der Waals surface area (Å²) in [6.07, 6.45) is 1.24. The van der Waals surface area contributed by atoms with Gasteiger partial charge in [-0.05, 0) is 18.1 Å². The lowest BCUT2D eigenvalue weighted by atomic mass is 10.1. The number of para-hydroxylation sites is 1. The summed E-state index contributed by atoms with van der Waals surface area (Å²) in [5, 5.41) is 1.12. The number of aromatic nitrogens is 1. The zero-order valence-electron chi connectivity index (χ0n) is 11.1. The summed E-state index contributed by atoms with van der Waals surface area (Å²) in [7, 11) is -3.20. The lowest BCUT2D eigenvalue weighted by Gasteiger charge is -2.26. The van der Waals surface area contributed by atoms with E-state index in [9.17, 15) is 8.42 Å². The van der Waals surface area contributed by atoms with Crippen LogP contribution in [0, 0.1) is 0 Å². The third kappa shape index (κ3) is 2.45. The number of halogens is 1. The van der Waals surface area contributed by atoms with Crippen LogP contribution in [-0.4, -0.2) is 35.9 Å². The molecule has 1 aliphatic heterocycles. The first kappa shape index (κ1) is 13.9. The standard InChI is InChI=1S/C14H17ClN2O2S/c15-7-3-9-20(18,19)17-8-6-14-12(10-17)11-4-1-2-5-13(11)16-14/h1-2,4-5,16H,3,6-10H2. The Balaban J connectivity index is 1.91. The van der Waals surface area contributed by atoms with Crippen LogP contribution in [0.4, 0.5) is 0 Å². The van der Waals surface area contributed by atoms with Crippen molar-refractivity contribution >= 4 is 32.5 Å². The SMILES string of the molecule is O=S(=O)(CCCCl)N1CCc2[nH]c3ccccc3c2C1. The van der Waals surface area contributed by atoms with Gasteiger partial charge in [-0.1, -0.05) is 18.2 Å². The minimum atomic E-state index is -3.20. The number of rotatable bonds is 4. The molecule has 0 atom stereocenters. The molecule has 0 fully saturated rings. The van der Waals surface area contributed by atoms with Gasteiger partial charge < -0.3 is 4.98 Å². The molecular formula is C14H17ClN2O2S. The van der Waals surface area contributed by atoms with E-state index in [1.165, 1.54) is 0 Å². The summed E-state index contributed by atoms with van der Waals surface area (Å²) in [6, 6.07) is 8.04. The molecule has 20 heavy (non-hydrogen) atoms. The summed E-state index contributed by atoms with van der Waals surface area (Å²) in [4.78, 5) is 3.39. The largest absolute Gasteiger partial charge is 0.358 e. The number of hydrogen-bond acceptors (Lipinski definition) is 2. The van der Waals surface area contributed by atoms with E-state index in [1.54, 1.807) is 4.31 Å². The molecule has 0 spiro atoms. The third-order valence-corrected chi connectivity index (χ3v) is 5.95. The van der Waals surface area contributed by atoms with Gasteiger partial charge in [-0.25, -0.2) is 8.42 Å². The van der Waals surface area contributed by atoms with E-state index in [1.807, 2.05) is 24.3 Å². The number of hydrogen-bond donors (Lipinski definition) is 1. The van der Waals surface area contributed by atoms with Crippen LogP contribution < -0.4 is 0 Å². The number of nitrogens with zero attached hydrogens (tertiary/aromatic N) is 1. The van der Waals surface area contributed by atoms with Crippen LogP contribution in [0.15, 0.2) is 24.3 Å². The van der Waals surface area contributed by atoms with E-state index in [2.05, 4.69) is 4.98 Å². The van der Waals surface area contributed by atoms with Crippen molar-refractivity contribution < 1.29 is 8.42 Å². The van der Waals surface area contributed by atoms with Gasteiger partial charge in [0.1, 0.15) is 0 Å². The van der Waals surface area contributed by atoms with Gasteiger partial charge in [0.05, 0.1) is 5.75 Å². The minimum Gasteiger partial charge on any atom is -0.358 e. The Bertz CT molecular complexity index is 724. The second-order valence-electron chi connectivity index (χ2n) is 5.07. The van der Waals surface area contributed by atoms with Crippen LogP contribution in [-0.2, 0) is 23.0 Å². The molecule has 1 aliphatic rings. The fraction of sp³-hybridized carbons (Fsp3) is 0.429. The Morgan fingerprint density at radius 1 is 1.30 bits per heavy atom. The smallest absolute Gasteiger partial charge is 0.214 e. The predicted molar refractivity (Wildman–Crippen MR) is 81.5 cm³/mol. The Hall–Kier alpha value is -1.04. The average Bonchev–Trinajstić information content (AvgIpc) is 2.83. The van der Waals surface area contributed by atoms with E-state index in [4.69, 9.17) is 11.6 Å². The highest BCUT2D eigenvalue weighted by Crippen LogP contribution is 2.28. The molecule has 0 aliphatic carbocycles. The third-order valence-electron chi connectivity index (χ3n) is 3.78. The molecule has 2 heterocycles. The Labute approximate surface area is 123 Å². The maximum absolute atomic E-state index is 12.3. The first-order chi connectivity index (χ1) is 9.62. The minimum absolute atomic E-state index is 0.133. The van der Waals surface area contributed by atoms with E-state index in [-0.39, 0.29) is 5.75 Å². The molecule has 0 radical (unpaired) electrons. The van der Waals surface area contributed by atoms with Crippen molar-refractivity contribution in [3.05, 3.63) is 35.5 Å². The molecule has 4 nitrogen and oxygen atoms in total. The van der Waals surface area contributed by atoms with Crippen LogP contribution in [0.1, 0.15) is 17.7 Å². The number of nitrogens with one attached hydrogen (secondary N) is 1. The summed E-state index contributed by atoms with van der Waals surface area (Å²) in [6.45, 7) is 1.01. The Morgan fingerprint density at radius 2 is 2.10 bits per heavy atom. The highest BCUT2D eigenvalue weighted by atomic mass is 35.5. The molecule has 2 aromatic rings. The number of H-pyrrole nitrogens is 1. The zero-order valence-corrected chi connectivity index (χ0v) is 12.7. The second kappa shape index (κ2) is 5.39. The molecular weight excluding hydrogens is 296 g/mol. The van der Waals surface area contributed by atoms with Crippen molar-refractivity contribution in [1.82, 2.24) is 9.29 Å². The molecule has 108 valence electrons. The molecule has 1 aromatic heterocycles. The van der Waals surface area contributed by atoms with Crippen molar-refractivity contribution in [1.29, 1.82) is 0 Å². The van der Waals surface area contributed by atoms with Crippen molar-refractivity contribution in [2.45, 2.75) is 19.4 Å². The van der Waals surface area contributed by atoms with Gasteiger partial charge in [0.15, 0.2) is 0 Å². The fourth-order valence-electron chi connectivity index (χ4n) is 2.75. The van der Waals surface area contributed by atoms with Gasteiger partial charge in [0, 0.05) is 42.0 Å². The van der Waals surface area contributed by atoms with Crippen LogP contribution in [0.25, 0.3) is 10.9 Å². The number of fused-ring (bicyclic) bond motifs is 3. The van der Waals surface area contributed by atoms with E-state index < -0.39 is 10.0 Å².